The molecule has 19 heavy (non-hydrogen) atoms. The van der Waals surface area contributed by atoms with E-state index in [9.17, 15) is 0 Å². The molecule has 0 aromatic heterocycles. The van der Waals surface area contributed by atoms with Gasteiger partial charge in [-0.05, 0) is 52.7 Å². The van der Waals surface area contributed by atoms with Gasteiger partial charge in [-0.15, -0.1) is 0 Å². The van der Waals surface area contributed by atoms with Crippen LogP contribution in [0.15, 0.2) is 46.9 Å². The SMILES string of the molecule is CC(Nc1ccc(C#N)cc1Br)c1ccccc1N. The van der Waals surface area contributed by atoms with E-state index in [0.29, 0.717) is 5.56 Å². The number of nitriles is 1. The van der Waals surface area contributed by atoms with Gasteiger partial charge in [0.25, 0.3) is 0 Å². The maximum atomic E-state index is 8.84. The molecular weight excluding hydrogens is 302 g/mol. The Balaban J connectivity index is 2.22. The van der Waals surface area contributed by atoms with Crippen LogP contribution in [0.3, 0.4) is 0 Å². The number of rotatable bonds is 3. The third-order valence-corrected chi connectivity index (χ3v) is 3.59. The van der Waals surface area contributed by atoms with E-state index >= 15 is 0 Å². The van der Waals surface area contributed by atoms with Crippen LogP contribution in [0.2, 0.25) is 0 Å². The van der Waals surface area contributed by atoms with Gasteiger partial charge in [-0.25, -0.2) is 0 Å². The summed E-state index contributed by atoms with van der Waals surface area (Å²) in [7, 11) is 0. The highest BCUT2D eigenvalue weighted by Gasteiger charge is 2.10. The fraction of sp³-hybridized carbons (Fsp3) is 0.133. The van der Waals surface area contributed by atoms with Gasteiger partial charge in [-0.1, -0.05) is 18.2 Å². The Morgan fingerprint density at radius 1 is 1.26 bits per heavy atom. The summed E-state index contributed by atoms with van der Waals surface area (Å²) in [5.74, 6) is 0. The Morgan fingerprint density at radius 3 is 2.63 bits per heavy atom. The van der Waals surface area contributed by atoms with Crippen LogP contribution >= 0.6 is 15.9 Å². The third kappa shape index (κ3) is 3.07. The smallest absolute Gasteiger partial charge is 0.0992 e. The molecule has 4 heteroatoms. The van der Waals surface area contributed by atoms with Gasteiger partial charge in [0, 0.05) is 15.8 Å². The Hall–Kier alpha value is -1.99. The van der Waals surface area contributed by atoms with Crippen LogP contribution in [0.4, 0.5) is 11.4 Å². The molecule has 0 aliphatic rings. The Labute approximate surface area is 121 Å². The lowest BCUT2D eigenvalue weighted by atomic mass is 10.1. The molecule has 0 fully saturated rings. The highest BCUT2D eigenvalue weighted by atomic mass is 79.9. The first-order chi connectivity index (χ1) is 9.11. The molecule has 0 amide bonds. The van der Waals surface area contributed by atoms with E-state index in [2.05, 4.69) is 34.2 Å². The van der Waals surface area contributed by atoms with Crippen LogP contribution in [-0.2, 0) is 0 Å². The third-order valence-electron chi connectivity index (χ3n) is 2.93. The van der Waals surface area contributed by atoms with Gasteiger partial charge in [0.05, 0.1) is 17.7 Å². The van der Waals surface area contributed by atoms with Crippen LogP contribution in [-0.4, -0.2) is 0 Å². The van der Waals surface area contributed by atoms with Crippen molar-refractivity contribution >= 4 is 27.3 Å². The van der Waals surface area contributed by atoms with Crippen molar-refractivity contribution in [1.82, 2.24) is 0 Å². The van der Waals surface area contributed by atoms with Crippen LogP contribution in [0.25, 0.3) is 0 Å². The molecule has 0 aliphatic heterocycles. The first kappa shape index (κ1) is 13.4. The fourth-order valence-corrected chi connectivity index (χ4v) is 2.41. The lowest BCUT2D eigenvalue weighted by molar-refractivity contribution is 0.887. The lowest BCUT2D eigenvalue weighted by Crippen LogP contribution is -2.09. The predicted molar refractivity (Wildman–Crippen MR) is 81.7 cm³/mol. The number of nitrogens with one attached hydrogen (secondary N) is 1. The van der Waals surface area contributed by atoms with E-state index in [-0.39, 0.29) is 6.04 Å². The Kier molecular flexibility index (Phi) is 4.08. The maximum Gasteiger partial charge on any atom is 0.0992 e. The fourth-order valence-electron chi connectivity index (χ4n) is 1.92. The zero-order chi connectivity index (χ0) is 13.8. The van der Waals surface area contributed by atoms with E-state index in [1.54, 1.807) is 12.1 Å². The number of benzene rings is 2. The summed E-state index contributed by atoms with van der Waals surface area (Å²) < 4.78 is 0.868. The number of anilines is 2. The van der Waals surface area contributed by atoms with Crippen molar-refractivity contribution in [3.05, 3.63) is 58.1 Å². The molecular formula is C15H14BrN3. The zero-order valence-electron chi connectivity index (χ0n) is 10.5. The molecule has 3 nitrogen and oxygen atoms in total. The molecule has 96 valence electrons. The largest absolute Gasteiger partial charge is 0.398 e. The molecule has 3 N–H and O–H groups in total. The van der Waals surface area contributed by atoms with Crippen LogP contribution in [0, 0.1) is 11.3 Å². The van der Waals surface area contributed by atoms with E-state index in [1.807, 2.05) is 30.3 Å². The molecule has 0 radical (unpaired) electrons. The summed E-state index contributed by atoms with van der Waals surface area (Å²) in [6.45, 7) is 2.05. The minimum Gasteiger partial charge on any atom is -0.398 e. The van der Waals surface area contributed by atoms with Gasteiger partial charge >= 0.3 is 0 Å². The number of nitrogen functional groups attached to an aromatic ring is 1. The van der Waals surface area contributed by atoms with E-state index < -0.39 is 0 Å². The summed E-state index contributed by atoms with van der Waals surface area (Å²) >= 11 is 3.46. The second-order valence-corrected chi connectivity index (χ2v) is 5.16. The molecule has 0 bridgehead atoms. The molecule has 0 saturated carbocycles. The minimum absolute atomic E-state index is 0.0884. The average Bonchev–Trinajstić information content (AvgIpc) is 2.41. The first-order valence-corrected chi connectivity index (χ1v) is 6.71. The molecule has 0 heterocycles. The number of nitrogens with two attached hydrogens (primary N) is 1. The van der Waals surface area contributed by atoms with Gasteiger partial charge in [-0.2, -0.15) is 5.26 Å². The van der Waals surface area contributed by atoms with Crippen molar-refractivity contribution in [3.8, 4) is 6.07 Å². The topological polar surface area (TPSA) is 61.8 Å². The highest BCUT2D eigenvalue weighted by molar-refractivity contribution is 9.10. The summed E-state index contributed by atoms with van der Waals surface area (Å²) in [6.07, 6.45) is 0. The summed E-state index contributed by atoms with van der Waals surface area (Å²) in [5.41, 5.74) is 9.36. The molecule has 2 aromatic rings. The van der Waals surface area contributed by atoms with E-state index in [1.165, 1.54) is 0 Å². The predicted octanol–water partition coefficient (Wildman–Crippen LogP) is 4.08. The number of hydrogen-bond acceptors (Lipinski definition) is 3. The van der Waals surface area contributed by atoms with Gasteiger partial charge in [-0.3, -0.25) is 0 Å². The normalized spacial score (nSPS) is 11.6. The number of hydrogen-bond donors (Lipinski definition) is 2. The Bertz CT molecular complexity index is 632. The summed E-state index contributed by atoms with van der Waals surface area (Å²) in [6, 6.07) is 15.5. The van der Waals surface area contributed by atoms with E-state index in [4.69, 9.17) is 11.0 Å². The Morgan fingerprint density at radius 2 is 2.00 bits per heavy atom. The van der Waals surface area contributed by atoms with Gasteiger partial charge in [0.2, 0.25) is 0 Å². The quantitative estimate of drug-likeness (QED) is 0.839. The molecule has 0 saturated heterocycles. The number of para-hydroxylation sites is 1. The molecule has 0 spiro atoms. The highest BCUT2D eigenvalue weighted by Crippen LogP contribution is 2.29. The molecule has 2 rings (SSSR count). The van der Waals surface area contributed by atoms with Crippen molar-refractivity contribution in [1.29, 1.82) is 5.26 Å². The van der Waals surface area contributed by atoms with Crippen LogP contribution < -0.4 is 11.1 Å². The van der Waals surface area contributed by atoms with Crippen LogP contribution in [0.1, 0.15) is 24.1 Å². The van der Waals surface area contributed by atoms with Crippen molar-refractivity contribution in [2.24, 2.45) is 0 Å². The van der Waals surface area contributed by atoms with Crippen LogP contribution in [0.5, 0.6) is 0 Å². The summed E-state index contributed by atoms with van der Waals surface area (Å²) in [4.78, 5) is 0. The first-order valence-electron chi connectivity index (χ1n) is 5.92. The number of nitrogens with zero attached hydrogens (tertiary/aromatic N) is 1. The van der Waals surface area contributed by atoms with Gasteiger partial charge in [0.1, 0.15) is 0 Å². The maximum absolute atomic E-state index is 8.84. The van der Waals surface area contributed by atoms with Crippen molar-refractivity contribution in [2.75, 3.05) is 11.1 Å². The summed E-state index contributed by atoms with van der Waals surface area (Å²) in [5, 5.41) is 12.2. The van der Waals surface area contributed by atoms with Gasteiger partial charge < -0.3 is 11.1 Å². The molecule has 1 atom stereocenters. The van der Waals surface area contributed by atoms with E-state index in [0.717, 1.165) is 21.4 Å². The van der Waals surface area contributed by atoms with Crippen molar-refractivity contribution in [3.63, 3.8) is 0 Å². The number of halogens is 1. The van der Waals surface area contributed by atoms with Crippen molar-refractivity contribution in [2.45, 2.75) is 13.0 Å². The monoisotopic (exact) mass is 315 g/mol. The van der Waals surface area contributed by atoms with Gasteiger partial charge in [0.15, 0.2) is 0 Å². The second-order valence-electron chi connectivity index (χ2n) is 4.30. The molecule has 0 aliphatic carbocycles. The molecule has 1 unspecified atom stereocenters. The lowest BCUT2D eigenvalue weighted by Gasteiger charge is -2.18. The second kappa shape index (κ2) is 5.77. The van der Waals surface area contributed by atoms with Crippen molar-refractivity contribution < 1.29 is 0 Å². The standard InChI is InChI=1S/C15H14BrN3/c1-10(12-4-2-3-5-14(12)18)19-15-7-6-11(9-17)8-13(15)16/h2-8,10,19H,18H2,1H3. The minimum atomic E-state index is 0.0884. The average molecular weight is 316 g/mol. The zero-order valence-corrected chi connectivity index (χ0v) is 12.1. The molecule has 2 aromatic carbocycles.